The van der Waals surface area contributed by atoms with Crippen molar-refractivity contribution in [2.75, 3.05) is 55.3 Å². The van der Waals surface area contributed by atoms with Crippen LogP contribution >= 0.6 is 0 Å². The minimum Gasteiger partial charge on any atom is -0.438 e. The zero-order chi connectivity index (χ0) is 38.4. The minimum atomic E-state index is -4.72. The van der Waals surface area contributed by atoms with Crippen molar-refractivity contribution in [3.05, 3.63) is 120 Å². The lowest BCUT2D eigenvalue weighted by Crippen LogP contribution is -2.41. The second-order valence-corrected chi connectivity index (χ2v) is 12.6. The maximum Gasteiger partial charge on any atom is 0.435 e. The van der Waals surface area contributed by atoms with E-state index in [1.807, 2.05) is 6.92 Å². The number of aryl methyl sites for hydroxylation is 1. The van der Waals surface area contributed by atoms with Crippen molar-refractivity contribution < 1.29 is 32.2 Å². The Morgan fingerprint density at radius 3 is 2.45 bits per heavy atom. The first-order chi connectivity index (χ1) is 26.6. The fraction of sp³-hybridized carbons (Fsp3) is 0.205. The number of aromatic nitrogens is 4. The Labute approximate surface area is 313 Å². The first-order valence-corrected chi connectivity index (χ1v) is 17.4. The highest BCUT2D eigenvalue weighted by atomic mass is 19.4. The maximum absolute atomic E-state index is 13.6. The molecule has 0 bridgehead atoms. The van der Waals surface area contributed by atoms with Gasteiger partial charge in [0.1, 0.15) is 11.6 Å². The second-order valence-electron chi connectivity index (χ2n) is 12.6. The number of hydrogen-bond donors (Lipinski definition) is 4. The summed E-state index contributed by atoms with van der Waals surface area (Å²) in [6.07, 6.45) is -3.19. The van der Waals surface area contributed by atoms with Gasteiger partial charge in [0.05, 0.1) is 24.6 Å². The molecule has 16 heteroatoms. The molecule has 2 aromatic heterocycles. The lowest BCUT2D eigenvalue weighted by Gasteiger charge is -2.26. The topological polar surface area (TPSA) is 148 Å². The van der Waals surface area contributed by atoms with Crippen LogP contribution in [0.2, 0.25) is 0 Å². The van der Waals surface area contributed by atoms with E-state index in [9.17, 15) is 22.8 Å². The summed E-state index contributed by atoms with van der Waals surface area (Å²) >= 11 is 0. The summed E-state index contributed by atoms with van der Waals surface area (Å²) in [7, 11) is 0. The molecule has 1 fully saturated rings. The quantitative estimate of drug-likeness (QED) is 0.106. The zero-order valence-corrected chi connectivity index (χ0v) is 29.6. The van der Waals surface area contributed by atoms with Crippen LogP contribution in [0, 0.1) is 6.92 Å². The molecule has 3 heterocycles. The van der Waals surface area contributed by atoms with Crippen molar-refractivity contribution in [3.8, 4) is 17.3 Å². The molecule has 0 unspecified atom stereocenters. The van der Waals surface area contributed by atoms with E-state index in [4.69, 9.17) is 9.47 Å². The van der Waals surface area contributed by atoms with E-state index >= 15 is 0 Å². The highest BCUT2D eigenvalue weighted by molar-refractivity contribution is 6.07. The van der Waals surface area contributed by atoms with E-state index in [-0.39, 0.29) is 23.6 Å². The van der Waals surface area contributed by atoms with E-state index in [1.165, 1.54) is 6.20 Å². The smallest absolute Gasteiger partial charge is 0.435 e. The third-order valence-corrected chi connectivity index (χ3v) is 8.69. The molecule has 1 aliphatic rings. The monoisotopic (exact) mass is 751 g/mol. The van der Waals surface area contributed by atoms with Crippen molar-refractivity contribution in [2.45, 2.75) is 13.1 Å². The number of ether oxygens (including phenoxy) is 2. The lowest BCUT2D eigenvalue weighted by atomic mass is 10.1. The van der Waals surface area contributed by atoms with Crippen molar-refractivity contribution in [1.82, 2.24) is 30.0 Å². The van der Waals surface area contributed by atoms with Gasteiger partial charge in [-0.2, -0.15) is 23.3 Å². The third-order valence-electron chi connectivity index (χ3n) is 8.69. The summed E-state index contributed by atoms with van der Waals surface area (Å²) < 4.78 is 53.4. The second kappa shape index (κ2) is 16.2. The predicted octanol–water partition coefficient (Wildman–Crippen LogP) is 7.38. The van der Waals surface area contributed by atoms with Crippen LogP contribution in [0.5, 0.6) is 11.6 Å². The number of fused-ring (bicyclic) bond motifs is 1. The number of rotatable bonds is 11. The molecular weight excluding hydrogens is 715 g/mol. The largest absolute Gasteiger partial charge is 0.438 e. The van der Waals surface area contributed by atoms with Gasteiger partial charge in [-0.1, -0.05) is 48.0 Å². The number of halogens is 3. The van der Waals surface area contributed by atoms with Gasteiger partial charge in [0.25, 0.3) is 5.91 Å². The molecule has 282 valence electrons. The average molecular weight is 752 g/mol. The van der Waals surface area contributed by atoms with Gasteiger partial charge in [-0.3, -0.25) is 15.0 Å². The van der Waals surface area contributed by atoms with Crippen molar-refractivity contribution >= 4 is 45.9 Å². The fourth-order valence-corrected chi connectivity index (χ4v) is 5.92. The Bertz CT molecular complexity index is 2310. The van der Waals surface area contributed by atoms with Gasteiger partial charge >= 0.3 is 12.2 Å². The molecule has 0 spiro atoms. The summed E-state index contributed by atoms with van der Waals surface area (Å²) in [5.74, 6) is 0.527. The maximum atomic E-state index is 13.6. The molecule has 3 amide bonds. The molecule has 1 saturated heterocycles. The Morgan fingerprint density at radius 1 is 0.891 bits per heavy atom. The lowest BCUT2D eigenvalue weighted by molar-refractivity contribution is -0.141. The van der Waals surface area contributed by atoms with Gasteiger partial charge < -0.3 is 25.4 Å². The van der Waals surface area contributed by atoms with Gasteiger partial charge in [0.15, 0.2) is 5.69 Å². The van der Waals surface area contributed by atoms with E-state index < -0.39 is 17.9 Å². The zero-order valence-electron chi connectivity index (χ0n) is 29.6. The van der Waals surface area contributed by atoms with Crippen molar-refractivity contribution in [3.63, 3.8) is 0 Å². The number of alkyl halides is 3. The van der Waals surface area contributed by atoms with E-state index in [1.54, 1.807) is 91.0 Å². The average Bonchev–Trinajstić information content (AvgIpc) is 3.61. The number of amides is 3. The number of nitrogens with zero attached hydrogens (tertiary/aromatic N) is 5. The standard InChI is InChI=1S/C39H36F3N9O4/c1-25-9-11-28(12-10-25)51-34(24-33(49-51)39(40,41)42)47-38(53)46-31-13-14-32(30-8-3-2-7-29(30)31)55-35-15-16-44-37(48-35)45-27-6-4-5-26(23-27)36(52)43-17-18-50-19-21-54-22-20-50/h2-16,23-24H,17-22H2,1H3,(H,43,52)(H,44,45,48)(H2,46,47,53). The van der Waals surface area contributed by atoms with Crippen LogP contribution in [0.15, 0.2) is 103 Å². The van der Waals surface area contributed by atoms with Crippen LogP contribution in [0.25, 0.3) is 16.5 Å². The minimum absolute atomic E-state index is 0.166. The molecule has 7 rings (SSSR count). The third kappa shape index (κ3) is 9.17. The number of hydrogen-bond acceptors (Lipinski definition) is 9. The number of morpholine rings is 1. The first kappa shape index (κ1) is 36.8. The van der Waals surface area contributed by atoms with E-state index in [0.29, 0.717) is 58.9 Å². The van der Waals surface area contributed by atoms with Crippen LogP contribution < -0.4 is 26.0 Å². The summed E-state index contributed by atoms with van der Waals surface area (Å²) in [5.41, 5.74) is 1.58. The molecule has 1 aliphatic heterocycles. The van der Waals surface area contributed by atoms with Gasteiger partial charge in [-0.25, -0.2) is 14.5 Å². The van der Waals surface area contributed by atoms with Gasteiger partial charge in [0.2, 0.25) is 11.8 Å². The number of benzene rings is 4. The molecule has 0 radical (unpaired) electrons. The molecule has 4 aromatic carbocycles. The summed E-state index contributed by atoms with van der Waals surface area (Å²) in [4.78, 5) is 37.1. The van der Waals surface area contributed by atoms with Gasteiger partial charge in [-0.05, 0) is 49.4 Å². The SMILES string of the molecule is Cc1ccc(-n2nc(C(F)(F)F)cc2NC(=O)Nc2ccc(Oc3ccnc(Nc4cccc(C(=O)NCCN5CCOCC5)c4)n3)c3ccccc23)cc1. The van der Waals surface area contributed by atoms with Crippen LogP contribution in [-0.4, -0.2) is 76.0 Å². The normalized spacial score (nSPS) is 13.3. The Morgan fingerprint density at radius 2 is 1.67 bits per heavy atom. The van der Waals surface area contributed by atoms with Crippen LogP contribution in [-0.2, 0) is 10.9 Å². The van der Waals surface area contributed by atoms with Crippen molar-refractivity contribution in [2.24, 2.45) is 0 Å². The summed E-state index contributed by atoms with van der Waals surface area (Å²) in [5, 5.41) is 16.3. The Hall–Kier alpha value is -6.52. The number of anilines is 4. The van der Waals surface area contributed by atoms with Crippen LogP contribution in [0.1, 0.15) is 21.6 Å². The summed E-state index contributed by atoms with van der Waals surface area (Å²) in [6, 6.07) is 25.7. The van der Waals surface area contributed by atoms with Gasteiger partial charge in [0, 0.05) is 66.5 Å². The number of urea groups is 1. The van der Waals surface area contributed by atoms with Crippen LogP contribution in [0.4, 0.5) is 41.1 Å². The van der Waals surface area contributed by atoms with Gasteiger partial charge in [-0.15, -0.1) is 0 Å². The molecule has 0 aliphatic carbocycles. The molecule has 0 saturated carbocycles. The molecule has 13 nitrogen and oxygen atoms in total. The predicted molar refractivity (Wildman–Crippen MR) is 201 cm³/mol. The van der Waals surface area contributed by atoms with Crippen LogP contribution in [0.3, 0.4) is 0 Å². The fourth-order valence-electron chi connectivity index (χ4n) is 5.92. The van der Waals surface area contributed by atoms with E-state index in [0.717, 1.165) is 35.9 Å². The Kier molecular flexibility index (Phi) is 10.9. The van der Waals surface area contributed by atoms with E-state index in [2.05, 4.69) is 41.2 Å². The molecule has 55 heavy (non-hydrogen) atoms. The molecule has 4 N–H and O–H groups in total. The Balaban J connectivity index is 1.03. The molecule has 6 aromatic rings. The highest BCUT2D eigenvalue weighted by Crippen LogP contribution is 2.35. The molecular formula is C39H36F3N9O4. The van der Waals surface area contributed by atoms with Crippen molar-refractivity contribution in [1.29, 1.82) is 0 Å². The highest BCUT2D eigenvalue weighted by Gasteiger charge is 2.35. The number of carbonyl (C=O) groups excluding carboxylic acids is 2. The summed E-state index contributed by atoms with van der Waals surface area (Å²) in [6.45, 7) is 6.20. The number of carbonyl (C=O) groups is 2. The first-order valence-electron chi connectivity index (χ1n) is 17.4. The molecule has 0 atom stereocenters. The number of nitrogens with one attached hydrogen (secondary N) is 4.